The van der Waals surface area contributed by atoms with Gasteiger partial charge in [-0.05, 0) is 47.5 Å². The first-order valence-electron chi connectivity index (χ1n) is 4.69. The highest BCUT2D eigenvalue weighted by atomic mass is 79.9. The van der Waals surface area contributed by atoms with Gasteiger partial charge >= 0.3 is 6.09 Å². The molecule has 1 amide bonds. The zero-order valence-corrected chi connectivity index (χ0v) is 10.2. The van der Waals surface area contributed by atoms with Crippen LogP contribution in [0.15, 0.2) is 22.9 Å². The Morgan fingerprint density at radius 1 is 1.73 bits per heavy atom. The van der Waals surface area contributed by atoms with E-state index in [1.165, 1.54) is 0 Å². The zero-order chi connectivity index (χ0) is 11.3. The van der Waals surface area contributed by atoms with E-state index in [0.29, 0.717) is 6.54 Å². The highest BCUT2D eigenvalue weighted by molar-refractivity contribution is 9.10. The number of nitrogens with zero attached hydrogens (tertiary/aromatic N) is 1. The number of rotatable bonds is 3. The summed E-state index contributed by atoms with van der Waals surface area (Å²) in [6.07, 6.45) is 0.977. The molecular weight excluding hydrogens is 260 g/mol. The highest BCUT2D eigenvalue weighted by Crippen LogP contribution is 2.18. The Morgan fingerprint density at radius 2 is 2.47 bits per heavy atom. The number of amides is 1. The number of alkyl carbamates (subject to hydrolysis) is 1. The van der Waals surface area contributed by atoms with E-state index in [1.54, 1.807) is 6.20 Å². The molecule has 0 saturated heterocycles. The van der Waals surface area contributed by atoms with E-state index in [2.05, 4.69) is 26.2 Å². The second kappa shape index (κ2) is 5.70. The first-order chi connectivity index (χ1) is 7.13. The van der Waals surface area contributed by atoms with Gasteiger partial charge in [0.2, 0.25) is 0 Å². The number of carbonyl (C=O) groups is 1. The van der Waals surface area contributed by atoms with Gasteiger partial charge in [-0.2, -0.15) is 0 Å². The maximum atomic E-state index is 11.2. The summed E-state index contributed by atoms with van der Waals surface area (Å²) in [5, 5.41) is 2.57. The van der Waals surface area contributed by atoms with Crippen molar-refractivity contribution in [2.24, 2.45) is 0 Å². The van der Waals surface area contributed by atoms with Crippen LogP contribution >= 0.6 is 15.9 Å². The van der Waals surface area contributed by atoms with E-state index < -0.39 is 6.09 Å². The second-order valence-corrected chi connectivity index (χ2v) is 3.80. The molecule has 5 heteroatoms. The Labute approximate surface area is 97.2 Å². The minimum atomic E-state index is -0.405. The van der Waals surface area contributed by atoms with Crippen LogP contribution in [0.25, 0.3) is 0 Å². The molecule has 0 aliphatic heterocycles. The van der Waals surface area contributed by atoms with Gasteiger partial charge in [-0.15, -0.1) is 0 Å². The number of carbonyl (C=O) groups excluding carboxylic acids is 1. The van der Waals surface area contributed by atoms with Gasteiger partial charge in [0.1, 0.15) is 10.7 Å². The average Bonchev–Trinajstić information content (AvgIpc) is 2.18. The van der Waals surface area contributed by atoms with Gasteiger partial charge in [0.25, 0.3) is 0 Å². The summed E-state index contributed by atoms with van der Waals surface area (Å²) in [5.41, 5.74) is 0.906. The smallest absolute Gasteiger partial charge is 0.407 e. The molecule has 1 unspecified atom stereocenters. The van der Waals surface area contributed by atoms with E-state index >= 15 is 0 Å². The summed E-state index contributed by atoms with van der Waals surface area (Å²) in [6.45, 7) is 4.22. The van der Waals surface area contributed by atoms with Crippen molar-refractivity contribution in [1.29, 1.82) is 0 Å². The third-order valence-corrected chi connectivity index (χ3v) is 2.26. The lowest BCUT2D eigenvalue weighted by Crippen LogP contribution is -2.24. The van der Waals surface area contributed by atoms with Crippen molar-refractivity contribution in [3.63, 3.8) is 0 Å². The molecule has 0 fully saturated rings. The minimum absolute atomic E-state index is 0.282. The van der Waals surface area contributed by atoms with Crippen molar-refractivity contribution in [3.8, 4) is 0 Å². The Kier molecular flexibility index (Phi) is 4.55. The Balaban J connectivity index is 2.60. The molecule has 0 saturated carbocycles. The molecule has 0 radical (unpaired) electrons. The number of aromatic nitrogens is 1. The maximum absolute atomic E-state index is 11.2. The number of nitrogens with one attached hydrogen (secondary N) is 1. The fourth-order valence-electron chi connectivity index (χ4n) is 1.08. The number of halogens is 1. The average molecular weight is 273 g/mol. The lowest BCUT2D eigenvalue weighted by Gasteiger charge is -2.13. The van der Waals surface area contributed by atoms with Crippen LogP contribution in [0.4, 0.5) is 4.79 Å². The predicted molar refractivity (Wildman–Crippen MR) is 60.5 cm³/mol. The van der Waals surface area contributed by atoms with Crippen LogP contribution in [0.3, 0.4) is 0 Å². The lowest BCUT2D eigenvalue weighted by molar-refractivity contribution is 0.107. The van der Waals surface area contributed by atoms with Crippen molar-refractivity contribution in [2.45, 2.75) is 20.0 Å². The Bertz CT molecular complexity index is 344. The van der Waals surface area contributed by atoms with Crippen molar-refractivity contribution in [3.05, 3.63) is 28.5 Å². The molecule has 4 nitrogen and oxygen atoms in total. The van der Waals surface area contributed by atoms with Crippen molar-refractivity contribution >= 4 is 22.0 Å². The number of pyridine rings is 1. The molecule has 0 aromatic carbocycles. The van der Waals surface area contributed by atoms with Crippen LogP contribution in [-0.2, 0) is 4.74 Å². The van der Waals surface area contributed by atoms with Crippen LogP contribution in [-0.4, -0.2) is 17.6 Å². The van der Waals surface area contributed by atoms with Crippen LogP contribution in [0, 0.1) is 0 Å². The molecule has 1 N–H and O–H groups in total. The van der Waals surface area contributed by atoms with Crippen LogP contribution in [0.2, 0.25) is 0 Å². The van der Waals surface area contributed by atoms with Gasteiger partial charge in [0.05, 0.1) is 0 Å². The SMILES string of the molecule is CCNC(=O)OC(C)c1ccnc(Br)c1. The summed E-state index contributed by atoms with van der Waals surface area (Å²) in [5.74, 6) is 0. The quantitative estimate of drug-likeness (QED) is 0.861. The summed E-state index contributed by atoms with van der Waals surface area (Å²) in [6, 6.07) is 3.64. The van der Waals surface area contributed by atoms with Crippen molar-refractivity contribution < 1.29 is 9.53 Å². The van der Waals surface area contributed by atoms with E-state index in [-0.39, 0.29) is 6.10 Å². The van der Waals surface area contributed by atoms with E-state index in [4.69, 9.17) is 4.74 Å². The van der Waals surface area contributed by atoms with Gasteiger partial charge in [-0.3, -0.25) is 0 Å². The highest BCUT2D eigenvalue weighted by Gasteiger charge is 2.10. The van der Waals surface area contributed by atoms with Crippen LogP contribution in [0.1, 0.15) is 25.5 Å². The van der Waals surface area contributed by atoms with Crippen LogP contribution in [0.5, 0.6) is 0 Å². The number of ether oxygens (including phenoxy) is 1. The molecule has 15 heavy (non-hydrogen) atoms. The fourth-order valence-corrected chi connectivity index (χ4v) is 1.47. The molecule has 0 aliphatic carbocycles. The summed E-state index contributed by atoms with van der Waals surface area (Å²) >= 11 is 3.26. The first kappa shape index (κ1) is 12.0. The summed E-state index contributed by atoms with van der Waals surface area (Å²) in [4.78, 5) is 15.1. The zero-order valence-electron chi connectivity index (χ0n) is 8.66. The van der Waals surface area contributed by atoms with Crippen molar-refractivity contribution in [2.75, 3.05) is 6.54 Å². The topological polar surface area (TPSA) is 51.2 Å². The number of hydrogen-bond acceptors (Lipinski definition) is 3. The maximum Gasteiger partial charge on any atom is 0.407 e. The third kappa shape index (κ3) is 3.87. The number of hydrogen-bond donors (Lipinski definition) is 1. The van der Waals surface area contributed by atoms with Crippen molar-refractivity contribution in [1.82, 2.24) is 10.3 Å². The molecule has 1 aromatic heterocycles. The standard InChI is InChI=1S/C10H13BrN2O2/c1-3-12-10(14)15-7(2)8-4-5-13-9(11)6-8/h4-7H,3H2,1-2H3,(H,12,14). The normalized spacial score (nSPS) is 11.9. The molecule has 1 aromatic rings. The molecule has 1 rings (SSSR count). The molecular formula is C10H13BrN2O2. The predicted octanol–water partition coefficient (Wildman–Crippen LogP) is 2.65. The molecule has 0 aliphatic rings. The summed E-state index contributed by atoms with van der Waals surface area (Å²) in [7, 11) is 0. The largest absolute Gasteiger partial charge is 0.442 e. The van der Waals surface area contributed by atoms with Gasteiger partial charge in [0.15, 0.2) is 0 Å². The third-order valence-electron chi connectivity index (χ3n) is 1.82. The van der Waals surface area contributed by atoms with Gasteiger partial charge < -0.3 is 10.1 Å². The second-order valence-electron chi connectivity index (χ2n) is 2.99. The summed E-state index contributed by atoms with van der Waals surface area (Å²) < 4.78 is 5.86. The fraction of sp³-hybridized carbons (Fsp3) is 0.400. The van der Waals surface area contributed by atoms with Crippen LogP contribution < -0.4 is 5.32 Å². The lowest BCUT2D eigenvalue weighted by atomic mass is 10.2. The Morgan fingerprint density at radius 3 is 3.07 bits per heavy atom. The monoisotopic (exact) mass is 272 g/mol. The van der Waals surface area contributed by atoms with E-state index in [1.807, 2.05) is 26.0 Å². The van der Waals surface area contributed by atoms with E-state index in [9.17, 15) is 4.79 Å². The molecule has 82 valence electrons. The van der Waals surface area contributed by atoms with Gasteiger partial charge in [-0.25, -0.2) is 9.78 Å². The molecule has 1 heterocycles. The minimum Gasteiger partial charge on any atom is -0.442 e. The molecule has 0 bridgehead atoms. The van der Waals surface area contributed by atoms with Gasteiger partial charge in [0, 0.05) is 12.7 Å². The molecule has 0 spiro atoms. The molecule has 1 atom stereocenters. The Hall–Kier alpha value is -1.10. The van der Waals surface area contributed by atoms with E-state index in [0.717, 1.165) is 10.2 Å². The first-order valence-corrected chi connectivity index (χ1v) is 5.48. The van der Waals surface area contributed by atoms with Gasteiger partial charge in [-0.1, -0.05) is 0 Å².